The van der Waals surface area contributed by atoms with Crippen LogP contribution in [0.1, 0.15) is 19.3 Å². The van der Waals surface area contributed by atoms with Gasteiger partial charge in [0.15, 0.2) is 9.84 Å². The Morgan fingerprint density at radius 1 is 0.957 bits per heavy atom. The van der Waals surface area contributed by atoms with Crippen molar-refractivity contribution in [2.24, 2.45) is 0 Å². The highest BCUT2D eigenvalue weighted by molar-refractivity contribution is 7.92. The van der Waals surface area contributed by atoms with Crippen molar-refractivity contribution >= 4 is 33.0 Å². The molecule has 23 heavy (non-hydrogen) atoms. The first-order chi connectivity index (χ1) is 11.0. The number of ether oxygens (including phenoxy) is 1. The van der Waals surface area contributed by atoms with E-state index >= 15 is 0 Å². The van der Waals surface area contributed by atoms with Gasteiger partial charge in [-0.1, -0.05) is 35.3 Å². The van der Waals surface area contributed by atoms with E-state index in [0.717, 1.165) is 0 Å². The Hall–Kier alpha value is -1.23. The number of sulfone groups is 1. The first kappa shape index (κ1) is 16.6. The second kappa shape index (κ2) is 6.71. The lowest BCUT2D eigenvalue weighted by molar-refractivity contribution is 0.210. The topological polar surface area (TPSA) is 43.4 Å². The summed E-state index contributed by atoms with van der Waals surface area (Å²) >= 11 is 11.9. The van der Waals surface area contributed by atoms with E-state index in [9.17, 15) is 8.42 Å². The monoisotopic (exact) mass is 370 g/mol. The molecule has 2 aromatic carbocycles. The average Bonchev–Trinajstić information content (AvgIpc) is 2.99. The molecule has 3 rings (SSSR count). The van der Waals surface area contributed by atoms with Crippen LogP contribution in [0.5, 0.6) is 5.75 Å². The SMILES string of the molecule is O=S(=O)(c1ccccc1Cl)C1CCC(Oc2ccc(Cl)cc2)C1. The van der Waals surface area contributed by atoms with E-state index in [4.69, 9.17) is 27.9 Å². The number of hydrogen-bond acceptors (Lipinski definition) is 3. The maximum absolute atomic E-state index is 12.7. The molecule has 0 heterocycles. The van der Waals surface area contributed by atoms with Crippen molar-refractivity contribution in [1.29, 1.82) is 0 Å². The second-order valence-corrected chi connectivity index (χ2v) is 8.64. The average molecular weight is 371 g/mol. The highest BCUT2D eigenvalue weighted by Gasteiger charge is 2.37. The molecule has 1 aliphatic rings. The van der Waals surface area contributed by atoms with Crippen LogP contribution in [0.15, 0.2) is 53.4 Å². The Bertz CT molecular complexity index is 788. The van der Waals surface area contributed by atoms with Crippen LogP contribution in [-0.4, -0.2) is 19.8 Å². The van der Waals surface area contributed by atoms with Gasteiger partial charge < -0.3 is 4.74 Å². The Labute approximate surface area is 146 Å². The first-order valence-electron chi connectivity index (χ1n) is 7.37. The molecule has 3 nitrogen and oxygen atoms in total. The third-order valence-electron chi connectivity index (χ3n) is 4.03. The third-order valence-corrected chi connectivity index (χ3v) is 7.00. The maximum Gasteiger partial charge on any atom is 0.182 e. The van der Waals surface area contributed by atoms with Crippen LogP contribution in [0.3, 0.4) is 0 Å². The molecule has 2 atom stereocenters. The van der Waals surface area contributed by atoms with Crippen LogP contribution < -0.4 is 4.74 Å². The van der Waals surface area contributed by atoms with E-state index in [1.54, 1.807) is 48.5 Å². The molecule has 2 unspecified atom stereocenters. The molecule has 2 aromatic rings. The fourth-order valence-corrected chi connectivity index (χ4v) is 5.32. The van der Waals surface area contributed by atoms with Crippen molar-refractivity contribution in [1.82, 2.24) is 0 Å². The zero-order valence-corrected chi connectivity index (χ0v) is 14.6. The molecular weight excluding hydrogens is 355 g/mol. The Balaban J connectivity index is 1.72. The van der Waals surface area contributed by atoms with Gasteiger partial charge in [-0.2, -0.15) is 0 Å². The molecule has 0 radical (unpaired) electrons. The molecule has 1 fully saturated rings. The van der Waals surface area contributed by atoms with E-state index in [0.29, 0.717) is 30.0 Å². The minimum atomic E-state index is -3.43. The molecule has 0 spiro atoms. The lowest BCUT2D eigenvalue weighted by atomic mass is 10.3. The van der Waals surface area contributed by atoms with E-state index in [1.165, 1.54) is 0 Å². The van der Waals surface area contributed by atoms with E-state index in [-0.39, 0.29) is 16.0 Å². The van der Waals surface area contributed by atoms with E-state index in [2.05, 4.69) is 0 Å². The highest BCUT2D eigenvalue weighted by atomic mass is 35.5. The number of halogens is 2. The molecule has 0 aliphatic heterocycles. The molecule has 0 aromatic heterocycles. The molecule has 1 aliphatic carbocycles. The predicted octanol–water partition coefficient (Wildman–Crippen LogP) is 4.77. The Morgan fingerprint density at radius 3 is 2.35 bits per heavy atom. The smallest absolute Gasteiger partial charge is 0.182 e. The van der Waals surface area contributed by atoms with Gasteiger partial charge in [0.2, 0.25) is 0 Å². The minimum absolute atomic E-state index is 0.113. The van der Waals surface area contributed by atoms with Gasteiger partial charge in [-0.15, -0.1) is 0 Å². The Kier molecular flexibility index (Phi) is 4.85. The van der Waals surface area contributed by atoms with Crippen molar-refractivity contribution < 1.29 is 13.2 Å². The summed E-state index contributed by atoms with van der Waals surface area (Å²) in [6, 6.07) is 13.7. The largest absolute Gasteiger partial charge is 0.490 e. The van der Waals surface area contributed by atoms with Crippen molar-refractivity contribution in [3.05, 3.63) is 58.6 Å². The van der Waals surface area contributed by atoms with Crippen molar-refractivity contribution in [3.63, 3.8) is 0 Å². The van der Waals surface area contributed by atoms with Gasteiger partial charge in [-0.05, 0) is 49.2 Å². The molecule has 122 valence electrons. The Morgan fingerprint density at radius 2 is 1.65 bits per heavy atom. The summed E-state index contributed by atoms with van der Waals surface area (Å²) in [6.45, 7) is 0. The van der Waals surface area contributed by atoms with Gasteiger partial charge in [0.25, 0.3) is 0 Å². The molecule has 0 N–H and O–H groups in total. The normalized spacial score (nSPS) is 21.3. The van der Waals surface area contributed by atoms with Crippen LogP contribution in [0.2, 0.25) is 10.0 Å². The van der Waals surface area contributed by atoms with Crippen LogP contribution >= 0.6 is 23.2 Å². The van der Waals surface area contributed by atoms with E-state index < -0.39 is 15.1 Å². The van der Waals surface area contributed by atoms with Crippen molar-refractivity contribution in [2.75, 3.05) is 0 Å². The van der Waals surface area contributed by atoms with Crippen LogP contribution in [0.25, 0.3) is 0 Å². The number of benzene rings is 2. The van der Waals surface area contributed by atoms with Gasteiger partial charge in [0.1, 0.15) is 11.9 Å². The number of hydrogen-bond donors (Lipinski definition) is 0. The fraction of sp³-hybridized carbons (Fsp3) is 0.294. The van der Waals surface area contributed by atoms with E-state index in [1.807, 2.05) is 0 Å². The van der Waals surface area contributed by atoms with Gasteiger partial charge in [0, 0.05) is 11.4 Å². The lowest BCUT2D eigenvalue weighted by Crippen LogP contribution is -2.21. The van der Waals surface area contributed by atoms with Crippen LogP contribution in [0, 0.1) is 0 Å². The van der Waals surface area contributed by atoms with Gasteiger partial charge in [-0.3, -0.25) is 0 Å². The molecular formula is C17H16Cl2O3S. The second-order valence-electron chi connectivity index (χ2n) is 5.60. The van der Waals surface area contributed by atoms with Crippen molar-refractivity contribution in [2.45, 2.75) is 35.5 Å². The molecule has 0 amide bonds. The molecule has 0 bridgehead atoms. The summed E-state index contributed by atoms with van der Waals surface area (Å²) in [5, 5.41) is 0.456. The molecule has 6 heteroatoms. The van der Waals surface area contributed by atoms with Gasteiger partial charge in [-0.25, -0.2) is 8.42 Å². The zero-order chi connectivity index (χ0) is 16.4. The van der Waals surface area contributed by atoms with Crippen LogP contribution in [0.4, 0.5) is 0 Å². The number of rotatable bonds is 4. The maximum atomic E-state index is 12.7. The third kappa shape index (κ3) is 3.65. The summed E-state index contributed by atoms with van der Waals surface area (Å²) in [7, 11) is -3.43. The van der Waals surface area contributed by atoms with Crippen molar-refractivity contribution in [3.8, 4) is 5.75 Å². The quantitative estimate of drug-likeness (QED) is 0.778. The summed E-state index contributed by atoms with van der Waals surface area (Å²) < 4.78 is 31.3. The summed E-state index contributed by atoms with van der Waals surface area (Å²) in [6.07, 6.45) is 1.64. The van der Waals surface area contributed by atoms with Gasteiger partial charge >= 0.3 is 0 Å². The minimum Gasteiger partial charge on any atom is -0.490 e. The zero-order valence-electron chi connectivity index (χ0n) is 12.3. The first-order valence-corrected chi connectivity index (χ1v) is 9.67. The lowest BCUT2D eigenvalue weighted by Gasteiger charge is -2.15. The molecule has 0 saturated heterocycles. The summed E-state index contributed by atoms with van der Waals surface area (Å²) in [5.41, 5.74) is 0. The standard InChI is InChI=1S/C17H16Cl2O3S/c18-12-5-7-13(8-6-12)22-14-9-10-15(11-14)23(20,21)17-4-2-1-3-16(17)19/h1-8,14-15H,9-11H2. The highest BCUT2D eigenvalue weighted by Crippen LogP contribution is 2.34. The predicted molar refractivity (Wildman–Crippen MR) is 92.1 cm³/mol. The summed E-state index contributed by atoms with van der Waals surface area (Å²) in [5.74, 6) is 0.704. The molecule has 1 saturated carbocycles. The summed E-state index contributed by atoms with van der Waals surface area (Å²) in [4.78, 5) is 0.207. The van der Waals surface area contributed by atoms with Gasteiger partial charge in [0.05, 0.1) is 15.2 Å². The van der Waals surface area contributed by atoms with Crippen LogP contribution in [-0.2, 0) is 9.84 Å². The fourth-order valence-electron chi connectivity index (χ4n) is 2.85.